The molecule has 5 nitrogen and oxygen atoms in total. The second-order valence-corrected chi connectivity index (χ2v) is 9.26. The molecule has 0 unspecified atom stereocenters. The first-order valence-electron chi connectivity index (χ1n) is 9.48. The fourth-order valence-corrected chi connectivity index (χ4v) is 4.65. The standard InChI is InChI=1S/C22H30N2O3S/c1-7-21(20-12-11-16(3)13-17(20)4)23-22(25)18(5)24(28(6,26)27)19-10-8-9-15(2)14-19/h8-14,18,21H,7H2,1-6H3,(H,23,25)/t18-,21+/m1/s1. The third-order valence-corrected chi connectivity index (χ3v) is 6.11. The number of amides is 1. The van der Waals surface area contributed by atoms with Gasteiger partial charge in [-0.15, -0.1) is 0 Å². The van der Waals surface area contributed by atoms with Crippen molar-refractivity contribution in [2.24, 2.45) is 0 Å². The summed E-state index contributed by atoms with van der Waals surface area (Å²) >= 11 is 0. The van der Waals surface area contributed by atoms with E-state index in [2.05, 4.69) is 11.4 Å². The van der Waals surface area contributed by atoms with Gasteiger partial charge in [0, 0.05) is 0 Å². The number of carbonyl (C=O) groups excluding carboxylic acids is 1. The monoisotopic (exact) mass is 402 g/mol. The fourth-order valence-electron chi connectivity index (χ4n) is 3.48. The number of nitrogens with zero attached hydrogens (tertiary/aromatic N) is 1. The minimum absolute atomic E-state index is 0.172. The maximum atomic E-state index is 13.0. The topological polar surface area (TPSA) is 66.5 Å². The Morgan fingerprint density at radius 1 is 1.07 bits per heavy atom. The summed E-state index contributed by atoms with van der Waals surface area (Å²) in [5.74, 6) is -0.321. The van der Waals surface area contributed by atoms with Crippen molar-refractivity contribution in [3.8, 4) is 0 Å². The van der Waals surface area contributed by atoms with E-state index >= 15 is 0 Å². The lowest BCUT2D eigenvalue weighted by molar-refractivity contribution is -0.122. The summed E-state index contributed by atoms with van der Waals surface area (Å²) in [6, 6.07) is 12.3. The molecule has 0 aliphatic heterocycles. The van der Waals surface area contributed by atoms with Gasteiger partial charge in [0.25, 0.3) is 0 Å². The molecule has 2 atom stereocenters. The highest BCUT2D eigenvalue weighted by Gasteiger charge is 2.30. The maximum absolute atomic E-state index is 13.0. The SMILES string of the molecule is CC[C@H](NC(=O)[C@@H](C)N(c1cccc(C)c1)S(C)(=O)=O)c1ccc(C)cc1C. The van der Waals surface area contributed by atoms with Crippen LogP contribution in [-0.4, -0.2) is 26.6 Å². The molecular formula is C22H30N2O3S. The smallest absolute Gasteiger partial charge is 0.244 e. The Kier molecular flexibility index (Phi) is 6.88. The number of sulfonamides is 1. The number of hydrogen-bond donors (Lipinski definition) is 1. The van der Waals surface area contributed by atoms with Crippen LogP contribution in [0.3, 0.4) is 0 Å². The molecule has 0 heterocycles. The van der Waals surface area contributed by atoms with Gasteiger partial charge in [0.2, 0.25) is 15.9 Å². The van der Waals surface area contributed by atoms with Gasteiger partial charge in [-0.3, -0.25) is 9.10 Å². The summed E-state index contributed by atoms with van der Waals surface area (Å²) in [6.07, 6.45) is 1.84. The molecule has 152 valence electrons. The first kappa shape index (κ1) is 22.0. The van der Waals surface area contributed by atoms with Crippen molar-refractivity contribution >= 4 is 21.6 Å². The Hall–Kier alpha value is -2.34. The van der Waals surface area contributed by atoms with Crippen molar-refractivity contribution < 1.29 is 13.2 Å². The molecule has 0 aromatic heterocycles. The zero-order valence-corrected chi connectivity index (χ0v) is 18.3. The molecule has 0 fully saturated rings. The Bertz CT molecular complexity index is 954. The van der Waals surface area contributed by atoms with Crippen LogP contribution >= 0.6 is 0 Å². The first-order chi connectivity index (χ1) is 13.0. The van der Waals surface area contributed by atoms with Crippen LogP contribution in [0.1, 0.15) is 48.6 Å². The van der Waals surface area contributed by atoms with Gasteiger partial charge in [-0.2, -0.15) is 0 Å². The van der Waals surface area contributed by atoms with Crippen LogP contribution < -0.4 is 9.62 Å². The first-order valence-corrected chi connectivity index (χ1v) is 11.3. The summed E-state index contributed by atoms with van der Waals surface area (Å²) in [4.78, 5) is 13.0. The van der Waals surface area contributed by atoms with Crippen molar-refractivity contribution in [2.45, 2.75) is 53.1 Å². The van der Waals surface area contributed by atoms with Crippen molar-refractivity contribution in [3.63, 3.8) is 0 Å². The van der Waals surface area contributed by atoms with Gasteiger partial charge in [-0.05, 0) is 62.9 Å². The third-order valence-electron chi connectivity index (χ3n) is 4.87. The summed E-state index contributed by atoms with van der Waals surface area (Å²) in [5, 5.41) is 3.03. The van der Waals surface area contributed by atoms with E-state index < -0.39 is 16.1 Å². The highest BCUT2D eigenvalue weighted by molar-refractivity contribution is 7.92. The fraction of sp³-hybridized carbons (Fsp3) is 0.409. The van der Waals surface area contributed by atoms with E-state index in [1.807, 2.05) is 45.9 Å². The van der Waals surface area contributed by atoms with Crippen LogP contribution in [0.25, 0.3) is 0 Å². The lowest BCUT2D eigenvalue weighted by atomic mass is 9.97. The number of rotatable bonds is 7. The predicted octanol–water partition coefficient (Wildman–Crippen LogP) is 4.03. The van der Waals surface area contributed by atoms with Crippen LogP contribution in [0.2, 0.25) is 0 Å². The third kappa shape index (κ3) is 5.13. The van der Waals surface area contributed by atoms with E-state index in [0.29, 0.717) is 12.1 Å². The largest absolute Gasteiger partial charge is 0.347 e. The van der Waals surface area contributed by atoms with Gasteiger partial charge < -0.3 is 5.32 Å². The number of aryl methyl sites for hydroxylation is 3. The Balaban J connectivity index is 2.31. The van der Waals surface area contributed by atoms with Crippen LogP contribution in [0.4, 0.5) is 5.69 Å². The number of anilines is 1. The molecule has 0 saturated heterocycles. The van der Waals surface area contributed by atoms with Gasteiger partial charge in [0.1, 0.15) is 6.04 Å². The van der Waals surface area contributed by atoms with E-state index in [0.717, 1.165) is 22.9 Å². The van der Waals surface area contributed by atoms with Crippen molar-refractivity contribution in [1.29, 1.82) is 0 Å². The molecule has 0 saturated carbocycles. The van der Waals surface area contributed by atoms with E-state index in [-0.39, 0.29) is 11.9 Å². The quantitative estimate of drug-likeness (QED) is 0.760. The zero-order valence-electron chi connectivity index (χ0n) is 17.5. The average molecular weight is 403 g/mol. The highest BCUT2D eigenvalue weighted by atomic mass is 32.2. The van der Waals surface area contributed by atoms with Crippen LogP contribution in [-0.2, 0) is 14.8 Å². The molecule has 1 N–H and O–H groups in total. The molecule has 0 spiro atoms. The van der Waals surface area contributed by atoms with Crippen molar-refractivity contribution in [2.75, 3.05) is 10.6 Å². The van der Waals surface area contributed by atoms with E-state index in [9.17, 15) is 13.2 Å². The summed E-state index contributed by atoms with van der Waals surface area (Å²) in [6.45, 7) is 9.57. The lowest BCUT2D eigenvalue weighted by Gasteiger charge is -2.30. The molecule has 6 heteroatoms. The predicted molar refractivity (Wildman–Crippen MR) is 115 cm³/mol. The minimum Gasteiger partial charge on any atom is -0.347 e. The summed E-state index contributed by atoms with van der Waals surface area (Å²) in [7, 11) is -3.63. The maximum Gasteiger partial charge on any atom is 0.244 e. The molecule has 2 aromatic carbocycles. The van der Waals surface area contributed by atoms with Gasteiger partial charge >= 0.3 is 0 Å². The summed E-state index contributed by atoms with van der Waals surface area (Å²) < 4.78 is 26.1. The number of hydrogen-bond acceptors (Lipinski definition) is 3. The van der Waals surface area contributed by atoms with E-state index in [1.165, 1.54) is 9.87 Å². The second-order valence-electron chi connectivity index (χ2n) is 7.40. The van der Waals surface area contributed by atoms with Gasteiger partial charge in [0.05, 0.1) is 18.0 Å². The van der Waals surface area contributed by atoms with Crippen LogP contribution in [0.5, 0.6) is 0 Å². The van der Waals surface area contributed by atoms with E-state index in [1.54, 1.807) is 25.1 Å². The zero-order chi connectivity index (χ0) is 21.1. The number of nitrogens with one attached hydrogen (secondary N) is 1. The van der Waals surface area contributed by atoms with Crippen LogP contribution in [0.15, 0.2) is 42.5 Å². The van der Waals surface area contributed by atoms with Gasteiger partial charge in [-0.1, -0.05) is 42.8 Å². The minimum atomic E-state index is -3.63. The molecule has 28 heavy (non-hydrogen) atoms. The van der Waals surface area contributed by atoms with Gasteiger partial charge in [-0.25, -0.2) is 8.42 Å². The van der Waals surface area contributed by atoms with Crippen molar-refractivity contribution in [3.05, 3.63) is 64.7 Å². The molecule has 0 aliphatic carbocycles. The highest BCUT2D eigenvalue weighted by Crippen LogP contribution is 2.25. The molecule has 0 radical (unpaired) electrons. The molecule has 0 bridgehead atoms. The molecule has 0 aliphatic rings. The van der Waals surface area contributed by atoms with Gasteiger partial charge in [0.15, 0.2) is 0 Å². The Morgan fingerprint density at radius 2 is 1.71 bits per heavy atom. The molecule has 2 aromatic rings. The molecule has 1 amide bonds. The molecule has 2 rings (SSSR count). The second kappa shape index (κ2) is 8.78. The Morgan fingerprint density at radius 3 is 2.25 bits per heavy atom. The summed E-state index contributed by atoms with van der Waals surface area (Å²) in [5.41, 5.74) is 4.75. The molecular weight excluding hydrogens is 372 g/mol. The lowest BCUT2D eigenvalue weighted by Crippen LogP contribution is -2.48. The van der Waals surface area contributed by atoms with Crippen LogP contribution in [0, 0.1) is 20.8 Å². The number of benzene rings is 2. The van der Waals surface area contributed by atoms with E-state index in [4.69, 9.17) is 0 Å². The van der Waals surface area contributed by atoms with Crippen molar-refractivity contribution in [1.82, 2.24) is 5.32 Å². The Labute approximate surface area is 168 Å². The normalized spacial score (nSPS) is 13.6. The average Bonchev–Trinajstić information content (AvgIpc) is 2.59. The number of carbonyl (C=O) groups is 1.